The summed E-state index contributed by atoms with van der Waals surface area (Å²) in [6.45, 7) is 0. The van der Waals surface area contributed by atoms with E-state index < -0.39 is 6.03 Å². The van der Waals surface area contributed by atoms with Crippen LogP contribution in [0.5, 0.6) is 0 Å². The van der Waals surface area contributed by atoms with E-state index in [1.165, 1.54) is 0 Å². The zero-order chi connectivity index (χ0) is 14.7. The van der Waals surface area contributed by atoms with Crippen LogP contribution in [-0.4, -0.2) is 6.03 Å². The summed E-state index contributed by atoms with van der Waals surface area (Å²) in [6, 6.07) is 9.02. The minimum Gasteiger partial charge on any atom is -0.306 e. The predicted octanol–water partition coefficient (Wildman–Crippen LogP) is 5.94. The molecule has 0 aliphatic heterocycles. The molecule has 0 atom stereocenters. The average Bonchev–Trinajstić information content (AvgIpc) is 2.38. The van der Waals surface area contributed by atoms with Gasteiger partial charge in [0.1, 0.15) is 0 Å². The third kappa shape index (κ3) is 3.93. The van der Waals surface area contributed by atoms with E-state index >= 15 is 0 Å². The Morgan fingerprint density at radius 1 is 0.750 bits per heavy atom. The standard InChI is InChI=1S/C13H8Cl4N2O/c14-7-1-3-9(16)11(5-7)18-13(20)19-12-6-8(15)2-4-10(12)17/h1-6H,(H2,18,19,20). The number of nitrogens with one attached hydrogen (secondary N) is 2. The van der Waals surface area contributed by atoms with Gasteiger partial charge in [0.15, 0.2) is 0 Å². The van der Waals surface area contributed by atoms with Crippen LogP contribution in [0.2, 0.25) is 20.1 Å². The lowest BCUT2D eigenvalue weighted by Crippen LogP contribution is -2.19. The topological polar surface area (TPSA) is 41.1 Å². The van der Waals surface area contributed by atoms with Gasteiger partial charge in [0.05, 0.1) is 21.4 Å². The fourth-order valence-electron chi connectivity index (χ4n) is 1.46. The van der Waals surface area contributed by atoms with Crippen molar-refractivity contribution in [3.63, 3.8) is 0 Å². The normalized spacial score (nSPS) is 10.2. The van der Waals surface area contributed by atoms with Gasteiger partial charge in [-0.3, -0.25) is 0 Å². The van der Waals surface area contributed by atoms with Gasteiger partial charge in [-0.2, -0.15) is 0 Å². The van der Waals surface area contributed by atoms with E-state index in [2.05, 4.69) is 10.6 Å². The molecule has 0 aromatic heterocycles. The molecule has 20 heavy (non-hydrogen) atoms. The monoisotopic (exact) mass is 348 g/mol. The van der Waals surface area contributed by atoms with E-state index in [-0.39, 0.29) is 0 Å². The molecule has 2 rings (SSSR count). The minimum atomic E-state index is -0.502. The first-order valence-corrected chi connectivity index (χ1v) is 6.95. The number of rotatable bonds is 2. The highest BCUT2D eigenvalue weighted by molar-refractivity contribution is 6.37. The molecule has 2 aromatic carbocycles. The molecule has 2 N–H and O–H groups in total. The molecule has 0 fully saturated rings. The fraction of sp³-hybridized carbons (Fsp3) is 0. The maximum atomic E-state index is 11.9. The SMILES string of the molecule is O=C(Nc1cc(Cl)ccc1Cl)Nc1cc(Cl)ccc1Cl. The molecule has 0 heterocycles. The van der Waals surface area contributed by atoms with E-state index in [4.69, 9.17) is 46.4 Å². The Bertz CT molecular complexity index is 605. The van der Waals surface area contributed by atoms with Crippen molar-refractivity contribution < 1.29 is 4.79 Å². The quantitative estimate of drug-likeness (QED) is 0.691. The van der Waals surface area contributed by atoms with Gasteiger partial charge in [-0.15, -0.1) is 0 Å². The first-order valence-electron chi connectivity index (χ1n) is 5.44. The summed E-state index contributed by atoms with van der Waals surface area (Å²) in [5.41, 5.74) is 0.796. The van der Waals surface area contributed by atoms with Gasteiger partial charge in [-0.1, -0.05) is 46.4 Å². The number of urea groups is 1. The van der Waals surface area contributed by atoms with E-state index in [1.54, 1.807) is 36.4 Å². The van der Waals surface area contributed by atoms with Crippen molar-refractivity contribution in [3.8, 4) is 0 Å². The van der Waals surface area contributed by atoms with Crippen molar-refractivity contribution in [2.45, 2.75) is 0 Å². The highest BCUT2D eigenvalue weighted by Gasteiger charge is 2.09. The van der Waals surface area contributed by atoms with Crippen molar-refractivity contribution in [3.05, 3.63) is 56.5 Å². The summed E-state index contributed by atoms with van der Waals surface area (Å²) in [4.78, 5) is 11.9. The smallest absolute Gasteiger partial charge is 0.306 e. The van der Waals surface area contributed by atoms with Crippen molar-refractivity contribution >= 4 is 63.8 Å². The maximum Gasteiger partial charge on any atom is 0.323 e. The highest BCUT2D eigenvalue weighted by Crippen LogP contribution is 2.27. The maximum absolute atomic E-state index is 11.9. The lowest BCUT2D eigenvalue weighted by Gasteiger charge is -2.10. The molecule has 0 saturated carbocycles. The number of hydrogen-bond acceptors (Lipinski definition) is 1. The number of anilines is 2. The van der Waals surface area contributed by atoms with Crippen LogP contribution in [0, 0.1) is 0 Å². The molecule has 0 radical (unpaired) electrons. The molecule has 2 aromatic rings. The summed E-state index contributed by atoms with van der Waals surface area (Å²) in [6.07, 6.45) is 0. The average molecular weight is 350 g/mol. The number of hydrogen-bond donors (Lipinski definition) is 2. The van der Waals surface area contributed by atoms with E-state index in [0.29, 0.717) is 31.5 Å². The highest BCUT2D eigenvalue weighted by atomic mass is 35.5. The number of halogens is 4. The van der Waals surface area contributed by atoms with Crippen molar-refractivity contribution in [1.29, 1.82) is 0 Å². The Morgan fingerprint density at radius 2 is 1.15 bits per heavy atom. The van der Waals surface area contributed by atoms with Gasteiger partial charge >= 0.3 is 6.03 Å². The van der Waals surface area contributed by atoms with Gasteiger partial charge in [-0.05, 0) is 36.4 Å². The van der Waals surface area contributed by atoms with E-state index in [9.17, 15) is 4.79 Å². The van der Waals surface area contributed by atoms with Crippen LogP contribution >= 0.6 is 46.4 Å². The number of benzene rings is 2. The van der Waals surface area contributed by atoms with Crippen LogP contribution < -0.4 is 10.6 Å². The van der Waals surface area contributed by atoms with Crippen LogP contribution in [0.15, 0.2) is 36.4 Å². The van der Waals surface area contributed by atoms with Crippen molar-refractivity contribution in [2.75, 3.05) is 10.6 Å². The van der Waals surface area contributed by atoms with E-state index in [1.807, 2.05) is 0 Å². The van der Waals surface area contributed by atoms with E-state index in [0.717, 1.165) is 0 Å². The van der Waals surface area contributed by atoms with Gasteiger partial charge in [-0.25, -0.2) is 4.79 Å². The van der Waals surface area contributed by atoms with Gasteiger partial charge in [0.2, 0.25) is 0 Å². The molecular formula is C13H8Cl4N2O. The van der Waals surface area contributed by atoms with Crippen LogP contribution in [-0.2, 0) is 0 Å². The molecule has 0 aliphatic carbocycles. The zero-order valence-corrected chi connectivity index (χ0v) is 12.9. The van der Waals surface area contributed by atoms with Gasteiger partial charge in [0, 0.05) is 10.0 Å². The Labute approximate surface area is 135 Å². The Balaban J connectivity index is 2.13. The second-order valence-corrected chi connectivity index (χ2v) is 5.51. The van der Waals surface area contributed by atoms with Crippen molar-refractivity contribution in [2.24, 2.45) is 0 Å². The largest absolute Gasteiger partial charge is 0.323 e. The van der Waals surface area contributed by atoms with Crippen LogP contribution in [0.4, 0.5) is 16.2 Å². The van der Waals surface area contributed by atoms with Crippen LogP contribution in [0.25, 0.3) is 0 Å². The summed E-state index contributed by atoms with van der Waals surface area (Å²) in [7, 11) is 0. The first kappa shape index (κ1) is 15.3. The van der Waals surface area contributed by atoms with Crippen LogP contribution in [0.3, 0.4) is 0 Å². The van der Waals surface area contributed by atoms with Gasteiger partial charge < -0.3 is 10.6 Å². The Morgan fingerprint density at radius 3 is 1.55 bits per heavy atom. The molecule has 3 nitrogen and oxygen atoms in total. The lowest BCUT2D eigenvalue weighted by atomic mass is 10.3. The summed E-state index contributed by atoms with van der Waals surface area (Å²) in [5.74, 6) is 0. The number of amides is 2. The predicted molar refractivity (Wildman–Crippen MR) is 85.6 cm³/mol. The second-order valence-electron chi connectivity index (χ2n) is 3.83. The molecule has 0 spiro atoms. The Kier molecular flexibility index (Phi) is 5.00. The lowest BCUT2D eigenvalue weighted by molar-refractivity contribution is 0.262. The zero-order valence-electron chi connectivity index (χ0n) is 9.88. The van der Waals surface area contributed by atoms with Gasteiger partial charge in [0.25, 0.3) is 0 Å². The summed E-state index contributed by atoms with van der Waals surface area (Å²) in [5, 5.41) is 6.84. The molecule has 104 valence electrons. The minimum absolute atomic E-state index is 0.377. The van der Waals surface area contributed by atoms with Crippen molar-refractivity contribution in [1.82, 2.24) is 0 Å². The number of carbonyl (C=O) groups is 1. The second kappa shape index (κ2) is 6.55. The molecule has 0 bridgehead atoms. The molecular weight excluding hydrogens is 342 g/mol. The molecule has 7 heteroatoms. The summed E-state index contributed by atoms with van der Waals surface area (Å²) >= 11 is 23.6. The summed E-state index contributed by atoms with van der Waals surface area (Å²) < 4.78 is 0. The third-order valence-corrected chi connectivity index (χ3v) is 3.48. The third-order valence-electron chi connectivity index (χ3n) is 2.35. The molecule has 0 unspecified atom stereocenters. The molecule has 2 amide bonds. The molecule has 0 aliphatic rings. The fourth-order valence-corrected chi connectivity index (χ4v) is 2.14. The number of carbonyl (C=O) groups excluding carboxylic acids is 1. The Hall–Kier alpha value is -1.13. The molecule has 0 saturated heterocycles. The first-order chi connectivity index (χ1) is 9.45. The van der Waals surface area contributed by atoms with Crippen LogP contribution in [0.1, 0.15) is 0 Å².